The van der Waals surface area contributed by atoms with Gasteiger partial charge in [0.2, 0.25) is 15.9 Å². The summed E-state index contributed by atoms with van der Waals surface area (Å²) in [4.78, 5) is 12.1. The number of nitrogens with one attached hydrogen (secondary N) is 1. The minimum absolute atomic E-state index is 0.0286. The quantitative estimate of drug-likeness (QED) is 0.816. The van der Waals surface area contributed by atoms with Gasteiger partial charge in [0.15, 0.2) is 0 Å². The molecule has 0 heterocycles. The summed E-state index contributed by atoms with van der Waals surface area (Å²) in [5.74, 6) is -0.239. The number of sulfonamides is 1. The van der Waals surface area contributed by atoms with Crippen LogP contribution >= 0.6 is 0 Å². The van der Waals surface area contributed by atoms with E-state index >= 15 is 0 Å². The lowest BCUT2D eigenvalue weighted by Crippen LogP contribution is -2.21. The fourth-order valence-electron chi connectivity index (χ4n) is 2.36. The number of hydrogen-bond donors (Lipinski definition) is 2. The topological polar surface area (TPSA) is 89.3 Å². The molecule has 0 aliphatic carbocycles. The zero-order chi connectivity index (χ0) is 17.7. The van der Waals surface area contributed by atoms with Crippen LogP contribution in [0.15, 0.2) is 59.5 Å². The molecule has 2 aromatic carbocycles. The largest absolute Gasteiger partial charge is 0.348 e. The van der Waals surface area contributed by atoms with Crippen molar-refractivity contribution < 1.29 is 13.2 Å². The summed E-state index contributed by atoms with van der Waals surface area (Å²) in [6.07, 6.45) is 1.53. The van der Waals surface area contributed by atoms with Crippen molar-refractivity contribution in [3.8, 4) is 0 Å². The summed E-state index contributed by atoms with van der Waals surface area (Å²) in [6, 6.07) is 14.0. The molecule has 0 aromatic heterocycles. The van der Waals surface area contributed by atoms with Crippen LogP contribution in [-0.4, -0.2) is 14.3 Å². The number of primary sulfonamides is 1. The Labute approximate surface area is 142 Å². The number of allylic oxidation sites excluding steroid dienone is 1. The number of rotatable bonds is 5. The van der Waals surface area contributed by atoms with E-state index in [1.165, 1.54) is 18.2 Å². The first-order valence-electron chi connectivity index (χ1n) is 7.41. The third-order valence-corrected chi connectivity index (χ3v) is 4.52. The minimum atomic E-state index is -3.75. The molecule has 126 valence electrons. The van der Waals surface area contributed by atoms with Crippen molar-refractivity contribution in [2.24, 2.45) is 5.14 Å². The Hall–Kier alpha value is -2.44. The van der Waals surface area contributed by atoms with Gasteiger partial charge < -0.3 is 5.32 Å². The van der Waals surface area contributed by atoms with Gasteiger partial charge >= 0.3 is 0 Å². The molecule has 0 aliphatic heterocycles. The van der Waals surface area contributed by atoms with Crippen LogP contribution in [-0.2, 0) is 21.4 Å². The van der Waals surface area contributed by atoms with Crippen LogP contribution in [0.2, 0.25) is 0 Å². The van der Waals surface area contributed by atoms with E-state index in [9.17, 15) is 13.2 Å². The number of nitrogens with two attached hydrogens (primary N) is 1. The molecule has 0 saturated carbocycles. The molecule has 0 spiro atoms. The van der Waals surface area contributed by atoms with Crippen molar-refractivity contribution in [1.82, 2.24) is 5.32 Å². The van der Waals surface area contributed by atoms with Crippen molar-refractivity contribution >= 4 is 21.5 Å². The Kier molecular flexibility index (Phi) is 5.54. The lowest BCUT2D eigenvalue weighted by Gasteiger charge is -2.07. The van der Waals surface area contributed by atoms with Gasteiger partial charge in [-0.15, -0.1) is 0 Å². The minimum Gasteiger partial charge on any atom is -0.348 e. The van der Waals surface area contributed by atoms with E-state index in [0.717, 1.165) is 16.7 Å². The number of benzene rings is 2. The second-order valence-electron chi connectivity index (χ2n) is 5.55. The average molecular weight is 344 g/mol. The molecule has 24 heavy (non-hydrogen) atoms. The maximum absolute atomic E-state index is 12.1. The highest BCUT2D eigenvalue weighted by Gasteiger charge is 2.08. The van der Waals surface area contributed by atoms with Crippen LogP contribution < -0.4 is 10.5 Å². The van der Waals surface area contributed by atoms with Crippen LogP contribution in [0.5, 0.6) is 0 Å². The van der Waals surface area contributed by atoms with E-state index in [2.05, 4.69) is 5.32 Å². The average Bonchev–Trinajstić information content (AvgIpc) is 2.53. The molecule has 0 bridgehead atoms. The SMILES string of the molecule is CC(=CC(=O)NCc1cccc(S(N)(=O)=O)c1)c1ccccc1C. The van der Waals surface area contributed by atoms with Gasteiger partial charge in [-0.05, 0) is 48.2 Å². The second kappa shape index (κ2) is 7.42. The second-order valence-corrected chi connectivity index (χ2v) is 7.11. The molecule has 0 aliphatic rings. The summed E-state index contributed by atoms with van der Waals surface area (Å²) in [7, 11) is -3.75. The first-order chi connectivity index (χ1) is 11.3. The highest BCUT2D eigenvalue weighted by atomic mass is 32.2. The molecule has 6 heteroatoms. The van der Waals surface area contributed by atoms with Crippen molar-refractivity contribution in [3.05, 3.63) is 71.3 Å². The van der Waals surface area contributed by atoms with Crippen LogP contribution in [0.25, 0.3) is 5.57 Å². The van der Waals surface area contributed by atoms with Crippen molar-refractivity contribution in [1.29, 1.82) is 0 Å². The molecular weight excluding hydrogens is 324 g/mol. The van der Waals surface area contributed by atoms with Crippen LogP contribution in [0.3, 0.4) is 0 Å². The van der Waals surface area contributed by atoms with Crippen molar-refractivity contribution in [2.75, 3.05) is 0 Å². The van der Waals surface area contributed by atoms with E-state index in [1.54, 1.807) is 12.1 Å². The molecule has 2 rings (SSSR count). The van der Waals surface area contributed by atoms with Gasteiger partial charge in [-0.2, -0.15) is 0 Å². The third-order valence-electron chi connectivity index (χ3n) is 3.61. The predicted octanol–water partition coefficient (Wildman–Crippen LogP) is 2.36. The van der Waals surface area contributed by atoms with Gasteiger partial charge in [0.25, 0.3) is 0 Å². The monoisotopic (exact) mass is 344 g/mol. The van der Waals surface area contributed by atoms with Crippen LogP contribution in [0, 0.1) is 6.92 Å². The lowest BCUT2D eigenvalue weighted by atomic mass is 10.0. The van der Waals surface area contributed by atoms with Gasteiger partial charge in [-0.3, -0.25) is 4.79 Å². The van der Waals surface area contributed by atoms with Gasteiger partial charge in [-0.1, -0.05) is 36.4 Å². The zero-order valence-electron chi connectivity index (χ0n) is 13.6. The Bertz CT molecular complexity index is 887. The molecule has 5 nitrogen and oxygen atoms in total. The molecule has 1 amide bonds. The summed E-state index contributed by atoms with van der Waals surface area (Å²) in [6.45, 7) is 4.09. The molecule has 0 atom stereocenters. The first-order valence-corrected chi connectivity index (χ1v) is 8.96. The van der Waals surface area contributed by atoms with E-state index in [1.807, 2.05) is 38.1 Å². The summed E-state index contributed by atoms with van der Waals surface area (Å²) >= 11 is 0. The third kappa shape index (κ3) is 4.78. The molecule has 0 saturated heterocycles. The molecular formula is C18H20N2O3S. The van der Waals surface area contributed by atoms with E-state index in [0.29, 0.717) is 5.56 Å². The number of hydrogen-bond acceptors (Lipinski definition) is 3. The maximum Gasteiger partial charge on any atom is 0.244 e. The Morgan fingerprint density at radius 2 is 1.88 bits per heavy atom. The number of carbonyl (C=O) groups is 1. The van der Waals surface area contributed by atoms with Gasteiger partial charge in [0.05, 0.1) is 4.90 Å². The lowest BCUT2D eigenvalue weighted by molar-refractivity contribution is -0.116. The van der Waals surface area contributed by atoms with Crippen molar-refractivity contribution in [2.45, 2.75) is 25.3 Å². The number of carbonyl (C=O) groups excluding carboxylic acids is 1. The fraction of sp³-hybridized carbons (Fsp3) is 0.167. The standard InChI is InChI=1S/C18H20N2O3S/c1-13-6-3-4-9-17(13)14(2)10-18(21)20-12-15-7-5-8-16(11-15)24(19,22)23/h3-11H,12H2,1-2H3,(H,20,21)(H2,19,22,23). The molecule has 2 aromatic rings. The highest BCUT2D eigenvalue weighted by molar-refractivity contribution is 7.89. The van der Waals surface area contributed by atoms with Crippen LogP contribution in [0.1, 0.15) is 23.6 Å². The first kappa shape index (κ1) is 17.9. The number of aryl methyl sites for hydroxylation is 1. The highest BCUT2D eigenvalue weighted by Crippen LogP contribution is 2.17. The molecule has 0 unspecified atom stereocenters. The fourth-order valence-corrected chi connectivity index (χ4v) is 2.95. The molecule has 0 fully saturated rings. The Morgan fingerprint density at radius 3 is 2.54 bits per heavy atom. The predicted molar refractivity (Wildman–Crippen MR) is 94.5 cm³/mol. The summed E-state index contributed by atoms with van der Waals surface area (Å²) in [5.41, 5.74) is 3.64. The normalized spacial score (nSPS) is 12.0. The van der Waals surface area contributed by atoms with E-state index in [-0.39, 0.29) is 17.3 Å². The Morgan fingerprint density at radius 1 is 1.17 bits per heavy atom. The van der Waals surface area contributed by atoms with Gasteiger partial charge in [0.1, 0.15) is 0 Å². The summed E-state index contributed by atoms with van der Waals surface area (Å²) < 4.78 is 22.7. The Balaban J connectivity index is 2.06. The van der Waals surface area contributed by atoms with Gasteiger partial charge in [-0.25, -0.2) is 13.6 Å². The zero-order valence-corrected chi connectivity index (χ0v) is 14.4. The van der Waals surface area contributed by atoms with Crippen LogP contribution in [0.4, 0.5) is 0 Å². The van der Waals surface area contributed by atoms with Gasteiger partial charge in [0, 0.05) is 12.6 Å². The van der Waals surface area contributed by atoms with Crippen molar-refractivity contribution in [3.63, 3.8) is 0 Å². The maximum atomic E-state index is 12.1. The summed E-state index contributed by atoms with van der Waals surface area (Å²) in [5, 5.41) is 7.85. The molecule has 3 N–H and O–H groups in total. The number of amides is 1. The van der Waals surface area contributed by atoms with E-state index in [4.69, 9.17) is 5.14 Å². The van der Waals surface area contributed by atoms with E-state index < -0.39 is 10.0 Å². The molecule has 0 radical (unpaired) electrons. The smallest absolute Gasteiger partial charge is 0.244 e.